The second-order valence-electron chi connectivity index (χ2n) is 4.03. The fourth-order valence-corrected chi connectivity index (χ4v) is 1.58. The molecular weight excluding hydrogens is 236 g/mol. The van der Waals surface area contributed by atoms with Gasteiger partial charge in [0.15, 0.2) is 0 Å². The van der Waals surface area contributed by atoms with Gasteiger partial charge in [0.25, 0.3) is 0 Å². The molecule has 4 N–H and O–H groups in total. The number of hydrogen-bond acceptors (Lipinski definition) is 9. The molecule has 2 rings (SSSR count). The first-order valence-corrected chi connectivity index (χ1v) is 5.68. The van der Waals surface area contributed by atoms with Crippen molar-refractivity contribution in [2.45, 2.75) is 0 Å². The maximum atomic E-state index is 5.36. The number of hydrogen-bond donors (Lipinski definition) is 3. The second kappa shape index (κ2) is 5.76. The maximum Gasteiger partial charge on any atom is 0.244 e. The lowest BCUT2D eigenvalue weighted by Gasteiger charge is -2.27. The number of rotatable bonds is 4. The summed E-state index contributed by atoms with van der Waals surface area (Å²) in [7, 11) is 3.71. The highest BCUT2D eigenvalue weighted by atomic mass is 16.5. The van der Waals surface area contributed by atoms with E-state index in [9.17, 15) is 0 Å². The van der Waals surface area contributed by atoms with Crippen LogP contribution in [0.2, 0.25) is 0 Å². The zero-order chi connectivity index (χ0) is 13.0. The van der Waals surface area contributed by atoms with Gasteiger partial charge in [-0.1, -0.05) is 0 Å². The van der Waals surface area contributed by atoms with Gasteiger partial charge in [0.05, 0.1) is 13.2 Å². The van der Waals surface area contributed by atoms with Crippen LogP contribution in [-0.2, 0) is 4.74 Å². The minimum Gasteiger partial charge on any atom is -0.378 e. The van der Waals surface area contributed by atoms with Gasteiger partial charge in [0.1, 0.15) is 0 Å². The molecule has 0 atom stereocenters. The molecule has 9 nitrogen and oxygen atoms in total. The Labute approximate surface area is 105 Å². The number of nitrogens with two attached hydrogens (primary N) is 1. The number of nitrogen functional groups attached to an aromatic ring is 1. The summed E-state index contributed by atoms with van der Waals surface area (Å²) in [6.45, 7) is 2.87. The van der Waals surface area contributed by atoms with Crippen molar-refractivity contribution in [2.24, 2.45) is 5.84 Å². The van der Waals surface area contributed by atoms with Crippen LogP contribution in [-0.4, -0.2) is 60.4 Å². The monoisotopic (exact) mass is 254 g/mol. The van der Waals surface area contributed by atoms with Crippen molar-refractivity contribution in [3.8, 4) is 0 Å². The maximum absolute atomic E-state index is 5.36. The summed E-state index contributed by atoms with van der Waals surface area (Å²) >= 11 is 0. The lowest BCUT2D eigenvalue weighted by Crippen LogP contribution is -2.38. The van der Waals surface area contributed by atoms with Crippen LogP contribution in [0.4, 0.5) is 17.8 Å². The van der Waals surface area contributed by atoms with Gasteiger partial charge in [-0.2, -0.15) is 15.0 Å². The van der Waals surface area contributed by atoms with Crippen LogP contribution in [0.5, 0.6) is 0 Å². The van der Waals surface area contributed by atoms with Crippen LogP contribution in [0.1, 0.15) is 0 Å². The topological polar surface area (TPSA) is 104 Å². The van der Waals surface area contributed by atoms with Gasteiger partial charge in [0, 0.05) is 27.2 Å². The predicted molar refractivity (Wildman–Crippen MR) is 68.0 cm³/mol. The molecule has 1 saturated heterocycles. The first-order chi connectivity index (χ1) is 8.69. The Morgan fingerprint density at radius 3 is 2.44 bits per heavy atom. The first-order valence-electron chi connectivity index (χ1n) is 5.68. The van der Waals surface area contributed by atoms with Crippen LogP contribution in [0.15, 0.2) is 0 Å². The summed E-state index contributed by atoms with van der Waals surface area (Å²) in [4.78, 5) is 14.7. The fraction of sp³-hybridized carbons (Fsp3) is 0.667. The molecule has 18 heavy (non-hydrogen) atoms. The van der Waals surface area contributed by atoms with Gasteiger partial charge < -0.3 is 9.64 Å². The summed E-state index contributed by atoms with van der Waals surface area (Å²) in [5.74, 6) is 6.73. The number of aromatic nitrogens is 3. The van der Waals surface area contributed by atoms with E-state index in [0.717, 1.165) is 13.1 Å². The van der Waals surface area contributed by atoms with Gasteiger partial charge in [0.2, 0.25) is 17.8 Å². The predicted octanol–water partition coefficient (Wildman–Crippen LogP) is -1.12. The van der Waals surface area contributed by atoms with Crippen molar-refractivity contribution in [1.29, 1.82) is 0 Å². The highest BCUT2D eigenvalue weighted by Crippen LogP contribution is 2.14. The Kier molecular flexibility index (Phi) is 4.07. The van der Waals surface area contributed by atoms with Gasteiger partial charge in [-0.25, -0.2) is 10.9 Å². The van der Waals surface area contributed by atoms with Crippen molar-refractivity contribution in [3.63, 3.8) is 0 Å². The number of nitrogens with one attached hydrogen (secondary N) is 2. The van der Waals surface area contributed by atoms with Gasteiger partial charge in [-0.3, -0.25) is 10.9 Å². The lowest BCUT2D eigenvalue weighted by molar-refractivity contribution is 0.122. The van der Waals surface area contributed by atoms with E-state index in [-0.39, 0.29) is 0 Å². The van der Waals surface area contributed by atoms with Gasteiger partial charge in [-0.05, 0) is 0 Å². The first kappa shape index (κ1) is 12.7. The van der Waals surface area contributed by atoms with Crippen LogP contribution < -0.4 is 21.6 Å². The number of nitrogens with zero attached hydrogens (tertiary/aromatic N) is 5. The molecule has 0 radical (unpaired) electrons. The van der Waals surface area contributed by atoms with Crippen LogP contribution in [0, 0.1) is 0 Å². The third-order valence-electron chi connectivity index (χ3n) is 2.37. The number of morpholine rings is 1. The molecule has 0 saturated carbocycles. The molecule has 0 aromatic carbocycles. The molecule has 1 aromatic rings. The van der Waals surface area contributed by atoms with Crippen molar-refractivity contribution in [2.75, 3.05) is 56.2 Å². The molecule has 1 aliphatic heterocycles. The quantitative estimate of drug-likeness (QED) is 0.455. The molecule has 0 unspecified atom stereocenters. The number of ether oxygens (including phenoxy) is 1. The molecule has 2 heterocycles. The second-order valence-corrected chi connectivity index (χ2v) is 4.03. The summed E-state index contributed by atoms with van der Waals surface area (Å²) in [5.41, 5.74) is 5.42. The molecule has 1 aliphatic rings. The molecule has 0 amide bonds. The fourth-order valence-electron chi connectivity index (χ4n) is 1.58. The zero-order valence-corrected chi connectivity index (χ0v) is 10.6. The van der Waals surface area contributed by atoms with Crippen LogP contribution in [0.25, 0.3) is 0 Å². The molecule has 100 valence electrons. The minimum absolute atomic E-state index is 0.329. The summed E-state index contributed by atoms with van der Waals surface area (Å²) in [6.07, 6.45) is 0. The van der Waals surface area contributed by atoms with Crippen molar-refractivity contribution < 1.29 is 4.74 Å². The van der Waals surface area contributed by atoms with E-state index in [0.29, 0.717) is 31.1 Å². The average Bonchev–Trinajstić information content (AvgIpc) is 2.38. The Hall–Kier alpha value is -1.71. The highest BCUT2D eigenvalue weighted by Gasteiger charge is 2.16. The summed E-state index contributed by atoms with van der Waals surface area (Å²) in [6, 6.07) is 0. The van der Waals surface area contributed by atoms with E-state index in [1.165, 1.54) is 0 Å². The molecule has 0 spiro atoms. The molecule has 1 aromatic heterocycles. The Balaban J connectivity index is 2.22. The average molecular weight is 254 g/mol. The van der Waals surface area contributed by atoms with E-state index in [1.54, 1.807) is 5.01 Å². The van der Waals surface area contributed by atoms with E-state index >= 15 is 0 Å². The third-order valence-corrected chi connectivity index (χ3v) is 2.37. The Bertz CT molecular complexity index is 392. The lowest BCUT2D eigenvalue weighted by atomic mass is 10.4. The highest BCUT2D eigenvalue weighted by molar-refractivity contribution is 5.43. The Morgan fingerprint density at radius 1 is 1.17 bits per heavy atom. The minimum atomic E-state index is 0.329. The number of anilines is 3. The van der Waals surface area contributed by atoms with Crippen LogP contribution >= 0.6 is 0 Å². The SMILES string of the molecule is CN(C)Nc1nc(NN)nc(N2CCOCC2)n1. The largest absolute Gasteiger partial charge is 0.378 e. The van der Waals surface area contributed by atoms with Crippen LogP contribution in [0.3, 0.4) is 0 Å². The summed E-state index contributed by atoms with van der Waals surface area (Å²) in [5, 5.41) is 1.75. The van der Waals surface area contributed by atoms with E-state index in [2.05, 4.69) is 25.8 Å². The zero-order valence-electron chi connectivity index (χ0n) is 10.6. The van der Waals surface area contributed by atoms with E-state index in [4.69, 9.17) is 10.6 Å². The third kappa shape index (κ3) is 3.15. The normalized spacial score (nSPS) is 15.9. The molecule has 0 bridgehead atoms. The smallest absolute Gasteiger partial charge is 0.244 e. The molecule has 0 aliphatic carbocycles. The van der Waals surface area contributed by atoms with Gasteiger partial charge >= 0.3 is 0 Å². The molecule has 1 fully saturated rings. The van der Waals surface area contributed by atoms with E-state index < -0.39 is 0 Å². The molecular formula is C9H18N8O. The summed E-state index contributed by atoms with van der Waals surface area (Å²) < 4.78 is 5.30. The number of hydrazine groups is 2. The van der Waals surface area contributed by atoms with Crippen molar-refractivity contribution in [1.82, 2.24) is 20.0 Å². The van der Waals surface area contributed by atoms with Crippen molar-refractivity contribution >= 4 is 17.8 Å². The standard InChI is InChI=1S/C9H18N8O/c1-16(2)15-8-11-7(14-10)12-9(13-8)17-3-5-18-6-4-17/h3-6,10H2,1-2H3,(H2,11,12,13,14,15). The Morgan fingerprint density at radius 2 is 1.83 bits per heavy atom. The van der Waals surface area contributed by atoms with Crippen molar-refractivity contribution in [3.05, 3.63) is 0 Å². The van der Waals surface area contributed by atoms with E-state index in [1.807, 2.05) is 19.0 Å². The van der Waals surface area contributed by atoms with Gasteiger partial charge in [-0.15, -0.1) is 0 Å². The molecule has 9 heteroatoms.